The summed E-state index contributed by atoms with van der Waals surface area (Å²) in [5.74, 6) is -1.31. The SMILES string of the molecule is CCC(C(=O)N1CCN(Cc2nnnn2-c2ccc(F)c(F)c2)CC1)c1ccccc1. The van der Waals surface area contributed by atoms with E-state index in [1.54, 1.807) is 0 Å². The monoisotopic (exact) mass is 426 g/mol. The molecule has 4 rings (SSSR count). The molecule has 1 unspecified atom stereocenters. The second-order valence-electron chi connectivity index (χ2n) is 7.58. The van der Waals surface area contributed by atoms with Crippen LogP contribution in [0.1, 0.15) is 30.7 Å². The number of hydrogen-bond donors (Lipinski definition) is 0. The molecule has 31 heavy (non-hydrogen) atoms. The number of carbonyl (C=O) groups excluding carboxylic acids is 1. The van der Waals surface area contributed by atoms with Gasteiger partial charge in [0, 0.05) is 32.2 Å². The molecule has 1 amide bonds. The molecule has 1 aromatic heterocycles. The summed E-state index contributed by atoms with van der Waals surface area (Å²) in [6, 6.07) is 13.4. The highest BCUT2D eigenvalue weighted by Gasteiger charge is 2.28. The predicted molar refractivity (Wildman–Crippen MR) is 110 cm³/mol. The lowest BCUT2D eigenvalue weighted by atomic mass is 9.95. The molecule has 1 aliphatic rings. The van der Waals surface area contributed by atoms with E-state index in [0.717, 1.165) is 24.1 Å². The molecule has 1 fully saturated rings. The largest absolute Gasteiger partial charge is 0.340 e. The normalized spacial score (nSPS) is 15.8. The first-order chi connectivity index (χ1) is 15.1. The molecule has 162 valence electrons. The minimum atomic E-state index is -0.949. The highest BCUT2D eigenvalue weighted by molar-refractivity contribution is 5.83. The second-order valence-corrected chi connectivity index (χ2v) is 7.58. The Bertz CT molecular complexity index is 1030. The lowest BCUT2D eigenvalue weighted by molar-refractivity contribution is -0.134. The molecule has 1 atom stereocenters. The number of carbonyl (C=O) groups is 1. The third kappa shape index (κ3) is 4.61. The average Bonchev–Trinajstić information content (AvgIpc) is 3.25. The number of piperazine rings is 1. The number of benzene rings is 2. The van der Waals surface area contributed by atoms with Crippen molar-refractivity contribution < 1.29 is 13.6 Å². The van der Waals surface area contributed by atoms with Gasteiger partial charge in [0.05, 0.1) is 18.2 Å². The zero-order valence-electron chi connectivity index (χ0n) is 17.3. The van der Waals surface area contributed by atoms with Gasteiger partial charge in [0.2, 0.25) is 5.91 Å². The van der Waals surface area contributed by atoms with Gasteiger partial charge >= 0.3 is 0 Å². The highest BCUT2D eigenvalue weighted by Crippen LogP contribution is 2.23. The zero-order chi connectivity index (χ0) is 21.8. The average molecular weight is 426 g/mol. The van der Waals surface area contributed by atoms with E-state index in [0.29, 0.717) is 44.2 Å². The van der Waals surface area contributed by atoms with Gasteiger partial charge in [-0.25, -0.2) is 8.78 Å². The number of rotatable bonds is 6. The molecule has 0 bridgehead atoms. The van der Waals surface area contributed by atoms with Gasteiger partial charge < -0.3 is 4.90 Å². The number of nitrogens with zero attached hydrogens (tertiary/aromatic N) is 6. The number of tetrazole rings is 1. The maximum absolute atomic E-state index is 13.6. The minimum absolute atomic E-state index is 0.131. The molecule has 2 heterocycles. The molecule has 0 aliphatic carbocycles. The fourth-order valence-corrected chi connectivity index (χ4v) is 3.91. The van der Waals surface area contributed by atoms with Gasteiger partial charge in [0.25, 0.3) is 0 Å². The van der Waals surface area contributed by atoms with Gasteiger partial charge in [-0.2, -0.15) is 4.68 Å². The maximum atomic E-state index is 13.6. The van der Waals surface area contributed by atoms with Crippen LogP contribution in [0.15, 0.2) is 48.5 Å². The standard InChI is InChI=1S/C22H24F2N6O/c1-2-18(16-6-4-3-5-7-16)22(31)29-12-10-28(11-13-29)15-21-25-26-27-30(21)17-8-9-19(23)20(24)14-17/h3-9,14,18H,2,10-13,15H2,1H3. The van der Waals surface area contributed by atoms with Crippen LogP contribution in [0.5, 0.6) is 0 Å². The molecule has 3 aromatic rings. The van der Waals surface area contributed by atoms with Crippen LogP contribution in [0.3, 0.4) is 0 Å². The summed E-state index contributed by atoms with van der Waals surface area (Å²) in [5, 5.41) is 11.6. The first-order valence-electron chi connectivity index (χ1n) is 10.4. The van der Waals surface area contributed by atoms with Crippen LogP contribution in [0.25, 0.3) is 5.69 Å². The van der Waals surface area contributed by atoms with Gasteiger partial charge in [0.1, 0.15) is 0 Å². The van der Waals surface area contributed by atoms with Crippen molar-refractivity contribution in [3.05, 3.63) is 71.6 Å². The van der Waals surface area contributed by atoms with Crippen molar-refractivity contribution in [3.8, 4) is 5.69 Å². The molecular weight excluding hydrogens is 402 g/mol. The molecule has 1 aliphatic heterocycles. The van der Waals surface area contributed by atoms with Crippen molar-refractivity contribution in [1.82, 2.24) is 30.0 Å². The van der Waals surface area contributed by atoms with Gasteiger partial charge in [-0.3, -0.25) is 9.69 Å². The Kier molecular flexibility index (Phi) is 6.31. The van der Waals surface area contributed by atoms with Gasteiger partial charge in [0.15, 0.2) is 17.5 Å². The molecule has 0 N–H and O–H groups in total. The van der Waals surface area contributed by atoms with E-state index in [9.17, 15) is 13.6 Å². The smallest absolute Gasteiger partial charge is 0.230 e. The van der Waals surface area contributed by atoms with Crippen LogP contribution in [-0.4, -0.2) is 62.1 Å². The minimum Gasteiger partial charge on any atom is -0.340 e. The summed E-state index contributed by atoms with van der Waals surface area (Å²) in [6.45, 7) is 5.08. The Hall–Kier alpha value is -3.20. The number of halogens is 2. The van der Waals surface area contributed by atoms with E-state index in [1.807, 2.05) is 42.2 Å². The topological polar surface area (TPSA) is 67.2 Å². The van der Waals surface area contributed by atoms with Gasteiger partial charge in [-0.1, -0.05) is 37.3 Å². The fourth-order valence-electron chi connectivity index (χ4n) is 3.91. The van der Waals surface area contributed by atoms with Crippen molar-refractivity contribution in [2.24, 2.45) is 0 Å². The Balaban J connectivity index is 1.38. The van der Waals surface area contributed by atoms with Gasteiger partial charge in [-0.15, -0.1) is 5.10 Å². The molecular formula is C22H24F2N6O. The Morgan fingerprint density at radius 1 is 1.03 bits per heavy atom. The molecule has 9 heteroatoms. The third-order valence-electron chi connectivity index (χ3n) is 5.64. The molecule has 0 radical (unpaired) electrons. The summed E-state index contributed by atoms with van der Waals surface area (Å²) < 4.78 is 28.2. The van der Waals surface area contributed by atoms with Crippen LogP contribution in [-0.2, 0) is 11.3 Å². The first kappa shape index (κ1) is 21.0. The van der Waals surface area contributed by atoms with E-state index in [-0.39, 0.29) is 11.8 Å². The summed E-state index contributed by atoms with van der Waals surface area (Å²) in [5.41, 5.74) is 1.41. The van der Waals surface area contributed by atoms with Crippen molar-refractivity contribution in [2.75, 3.05) is 26.2 Å². The molecule has 0 spiro atoms. The fraction of sp³-hybridized carbons (Fsp3) is 0.364. The quantitative estimate of drug-likeness (QED) is 0.606. The van der Waals surface area contributed by atoms with E-state index < -0.39 is 11.6 Å². The van der Waals surface area contributed by atoms with E-state index >= 15 is 0 Å². The maximum Gasteiger partial charge on any atom is 0.230 e. The van der Waals surface area contributed by atoms with Crippen LogP contribution >= 0.6 is 0 Å². The highest BCUT2D eigenvalue weighted by atomic mass is 19.2. The van der Waals surface area contributed by atoms with Gasteiger partial charge in [-0.05, 0) is 34.5 Å². The Morgan fingerprint density at radius 3 is 2.45 bits per heavy atom. The predicted octanol–water partition coefficient (Wildman–Crippen LogP) is 2.78. The lowest BCUT2D eigenvalue weighted by Gasteiger charge is -2.36. The van der Waals surface area contributed by atoms with Crippen molar-refractivity contribution in [2.45, 2.75) is 25.8 Å². The number of hydrogen-bond acceptors (Lipinski definition) is 5. The first-order valence-corrected chi connectivity index (χ1v) is 10.4. The Labute approximate surface area is 179 Å². The van der Waals surface area contributed by atoms with Crippen molar-refractivity contribution in [1.29, 1.82) is 0 Å². The Morgan fingerprint density at radius 2 is 1.77 bits per heavy atom. The van der Waals surface area contributed by atoms with Crippen LogP contribution in [0.2, 0.25) is 0 Å². The summed E-state index contributed by atoms with van der Waals surface area (Å²) in [4.78, 5) is 17.1. The van der Waals surface area contributed by atoms with Crippen molar-refractivity contribution >= 4 is 5.91 Å². The third-order valence-corrected chi connectivity index (χ3v) is 5.64. The molecule has 1 saturated heterocycles. The van der Waals surface area contributed by atoms with Crippen LogP contribution in [0.4, 0.5) is 8.78 Å². The zero-order valence-corrected chi connectivity index (χ0v) is 17.3. The van der Waals surface area contributed by atoms with E-state index in [2.05, 4.69) is 20.4 Å². The summed E-state index contributed by atoms with van der Waals surface area (Å²) in [6.07, 6.45) is 0.756. The van der Waals surface area contributed by atoms with Crippen LogP contribution < -0.4 is 0 Å². The number of aromatic nitrogens is 4. The molecule has 2 aromatic carbocycles. The molecule has 7 nitrogen and oxygen atoms in total. The molecule has 0 saturated carbocycles. The van der Waals surface area contributed by atoms with E-state index in [1.165, 1.54) is 10.7 Å². The number of amides is 1. The summed E-state index contributed by atoms with van der Waals surface area (Å²) >= 11 is 0. The lowest BCUT2D eigenvalue weighted by Crippen LogP contribution is -2.49. The second kappa shape index (κ2) is 9.30. The summed E-state index contributed by atoms with van der Waals surface area (Å²) in [7, 11) is 0. The van der Waals surface area contributed by atoms with Crippen molar-refractivity contribution in [3.63, 3.8) is 0 Å². The van der Waals surface area contributed by atoms with Crippen LogP contribution in [0, 0.1) is 11.6 Å². The van der Waals surface area contributed by atoms with E-state index in [4.69, 9.17) is 0 Å².